The molecule has 0 unspecified atom stereocenters. The molecule has 0 amide bonds. The highest BCUT2D eigenvalue weighted by Gasteiger charge is 2.59. The maximum atomic E-state index is 11.9. The number of carbonyl (C=O) groups excluding carboxylic acids is 2. The third kappa shape index (κ3) is 2.29. The van der Waals surface area contributed by atoms with Crippen molar-refractivity contribution in [1.82, 2.24) is 0 Å². The van der Waals surface area contributed by atoms with E-state index >= 15 is 0 Å². The molecule has 0 radical (unpaired) electrons. The maximum absolute atomic E-state index is 11.9. The molecule has 0 aromatic heterocycles. The first-order chi connectivity index (χ1) is 11.3. The summed E-state index contributed by atoms with van der Waals surface area (Å²) >= 11 is 0. The average Bonchev–Trinajstić information content (AvgIpc) is 2.84. The summed E-state index contributed by atoms with van der Waals surface area (Å²) in [4.78, 5) is 23.1. The van der Waals surface area contributed by atoms with Crippen molar-refractivity contribution in [3.05, 3.63) is 0 Å². The molecule has 0 aromatic carbocycles. The van der Waals surface area contributed by atoms with Crippen molar-refractivity contribution in [3.63, 3.8) is 0 Å². The minimum atomic E-state index is -0.870. The van der Waals surface area contributed by atoms with Crippen LogP contribution in [0.15, 0.2) is 0 Å². The van der Waals surface area contributed by atoms with E-state index in [1.54, 1.807) is 0 Å². The fourth-order valence-corrected chi connectivity index (χ4v) is 7.69. The van der Waals surface area contributed by atoms with E-state index in [2.05, 4.69) is 13.8 Å². The summed E-state index contributed by atoms with van der Waals surface area (Å²) < 4.78 is 0. The predicted molar refractivity (Wildman–Crippen MR) is 89.8 cm³/mol. The van der Waals surface area contributed by atoms with Gasteiger partial charge in [-0.25, -0.2) is 0 Å². The largest absolute Gasteiger partial charge is 0.550 e. The minimum absolute atomic E-state index is 0.203. The number of hydrogen-bond donors (Lipinski definition) is 0. The Morgan fingerprint density at radius 2 is 1.79 bits per heavy atom. The highest BCUT2D eigenvalue weighted by Crippen LogP contribution is 2.67. The molecule has 134 valence electrons. The zero-order valence-corrected chi connectivity index (χ0v) is 15.2. The van der Waals surface area contributed by atoms with Gasteiger partial charge in [0.2, 0.25) is 0 Å². The number of hydrogen-bond acceptors (Lipinski definition) is 3. The second-order valence-corrected chi connectivity index (χ2v) is 9.79. The van der Waals surface area contributed by atoms with E-state index in [1.807, 2.05) is 0 Å². The summed E-state index contributed by atoms with van der Waals surface area (Å²) in [5.74, 6) is 2.72. The molecule has 3 nitrogen and oxygen atoms in total. The van der Waals surface area contributed by atoms with Crippen LogP contribution in [-0.4, -0.2) is 11.8 Å². The molecule has 4 fully saturated rings. The summed E-state index contributed by atoms with van der Waals surface area (Å²) in [6, 6.07) is 0. The number of carbonyl (C=O) groups is 2. The van der Waals surface area contributed by atoms with Gasteiger partial charge in [-0.2, -0.15) is 0 Å². The van der Waals surface area contributed by atoms with E-state index in [0.29, 0.717) is 29.0 Å². The molecule has 0 heterocycles. The lowest BCUT2D eigenvalue weighted by Gasteiger charge is -2.60. The Bertz CT molecular complexity index is 555. The fraction of sp³-hybridized carbons (Fsp3) is 0.905. The molecule has 4 rings (SSSR count). The Morgan fingerprint density at radius 1 is 1.04 bits per heavy atom. The van der Waals surface area contributed by atoms with Gasteiger partial charge in [0.05, 0.1) is 0 Å². The maximum Gasteiger partial charge on any atom is 0.133 e. The van der Waals surface area contributed by atoms with Gasteiger partial charge in [-0.1, -0.05) is 13.8 Å². The number of carboxylic acid groups (broad SMARTS) is 1. The predicted octanol–water partition coefficient (Wildman–Crippen LogP) is 3.35. The first kappa shape index (κ1) is 16.6. The van der Waals surface area contributed by atoms with Gasteiger partial charge in [0.25, 0.3) is 0 Å². The quantitative estimate of drug-likeness (QED) is 0.779. The number of aliphatic carboxylic acids is 1. The van der Waals surface area contributed by atoms with Crippen molar-refractivity contribution in [2.45, 2.75) is 78.1 Å². The molecule has 7 atom stereocenters. The molecule has 0 N–H and O–H groups in total. The summed E-state index contributed by atoms with van der Waals surface area (Å²) in [5, 5.41) is 11.2. The summed E-state index contributed by atoms with van der Waals surface area (Å²) in [5.41, 5.74) is 0.555. The Hall–Kier alpha value is -0.860. The molecular weight excluding hydrogens is 300 g/mol. The van der Waals surface area contributed by atoms with Crippen molar-refractivity contribution in [1.29, 1.82) is 0 Å². The van der Waals surface area contributed by atoms with Gasteiger partial charge in [0.15, 0.2) is 0 Å². The summed E-state index contributed by atoms with van der Waals surface area (Å²) in [6.07, 6.45) is 10.1. The highest BCUT2D eigenvalue weighted by molar-refractivity contribution is 5.79. The van der Waals surface area contributed by atoms with Crippen molar-refractivity contribution >= 4 is 11.8 Å². The van der Waals surface area contributed by atoms with Crippen molar-refractivity contribution < 1.29 is 14.7 Å². The van der Waals surface area contributed by atoms with Crippen LogP contribution in [0.3, 0.4) is 0 Å². The number of Topliss-reactive ketones (excluding diaryl/α,β-unsaturated/α-hetero) is 1. The molecule has 0 saturated heterocycles. The van der Waals surface area contributed by atoms with Gasteiger partial charge in [-0.05, 0) is 91.8 Å². The van der Waals surface area contributed by atoms with Crippen molar-refractivity contribution in [2.24, 2.45) is 40.4 Å². The molecule has 0 bridgehead atoms. The van der Waals surface area contributed by atoms with Crippen molar-refractivity contribution in [2.75, 3.05) is 0 Å². The summed E-state index contributed by atoms with van der Waals surface area (Å²) in [7, 11) is 0. The molecule has 4 saturated carbocycles. The van der Waals surface area contributed by atoms with Gasteiger partial charge < -0.3 is 9.90 Å². The van der Waals surface area contributed by atoms with E-state index in [0.717, 1.165) is 37.5 Å². The lowest BCUT2D eigenvalue weighted by molar-refractivity contribution is -0.307. The molecule has 4 aliphatic carbocycles. The van der Waals surface area contributed by atoms with E-state index < -0.39 is 5.97 Å². The monoisotopic (exact) mass is 331 g/mol. The second-order valence-electron chi connectivity index (χ2n) is 9.79. The van der Waals surface area contributed by atoms with Crippen molar-refractivity contribution in [3.8, 4) is 0 Å². The van der Waals surface area contributed by atoms with Gasteiger partial charge in [-0.15, -0.1) is 0 Å². The van der Waals surface area contributed by atoms with Crippen LogP contribution >= 0.6 is 0 Å². The molecule has 0 aliphatic heterocycles. The molecule has 3 heteroatoms. The summed E-state index contributed by atoms with van der Waals surface area (Å²) in [6.45, 7) is 4.84. The van der Waals surface area contributed by atoms with Gasteiger partial charge >= 0.3 is 0 Å². The Balaban J connectivity index is 1.58. The van der Waals surface area contributed by atoms with E-state index in [1.165, 1.54) is 32.1 Å². The van der Waals surface area contributed by atoms with Crippen LogP contribution < -0.4 is 5.11 Å². The fourth-order valence-electron chi connectivity index (χ4n) is 7.69. The van der Waals surface area contributed by atoms with E-state index in [4.69, 9.17) is 0 Å². The first-order valence-corrected chi connectivity index (χ1v) is 10.1. The first-order valence-electron chi connectivity index (χ1n) is 10.1. The van der Waals surface area contributed by atoms with Crippen LogP contribution in [0.2, 0.25) is 0 Å². The Kier molecular flexibility index (Phi) is 3.85. The number of fused-ring (bicyclic) bond motifs is 5. The third-order valence-corrected chi connectivity index (χ3v) is 9.09. The van der Waals surface area contributed by atoms with Crippen LogP contribution in [0.25, 0.3) is 0 Å². The molecule has 0 aromatic rings. The molecule has 4 aliphatic rings. The van der Waals surface area contributed by atoms with Crippen LogP contribution in [-0.2, 0) is 9.59 Å². The molecule has 0 spiro atoms. The van der Waals surface area contributed by atoms with Gasteiger partial charge in [0, 0.05) is 18.8 Å². The third-order valence-electron chi connectivity index (χ3n) is 9.09. The zero-order valence-electron chi connectivity index (χ0n) is 15.2. The van der Waals surface area contributed by atoms with Gasteiger partial charge in [0.1, 0.15) is 5.78 Å². The van der Waals surface area contributed by atoms with Crippen LogP contribution in [0.4, 0.5) is 0 Å². The van der Waals surface area contributed by atoms with E-state index in [-0.39, 0.29) is 11.8 Å². The molecular formula is C21H31O3-. The second kappa shape index (κ2) is 5.57. The normalized spacial score (nSPS) is 50.8. The number of rotatable bonds is 2. The van der Waals surface area contributed by atoms with Crippen LogP contribution in [0.1, 0.15) is 78.1 Å². The Labute approximate surface area is 145 Å². The molecule has 24 heavy (non-hydrogen) atoms. The number of ketones is 1. The Morgan fingerprint density at radius 3 is 2.54 bits per heavy atom. The van der Waals surface area contributed by atoms with Crippen LogP contribution in [0, 0.1) is 40.4 Å². The number of carboxylic acids is 1. The lowest BCUT2D eigenvalue weighted by atomic mass is 9.44. The van der Waals surface area contributed by atoms with E-state index in [9.17, 15) is 14.7 Å². The topological polar surface area (TPSA) is 57.2 Å². The smallest absolute Gasteiger partial charge is 0.133 e. The lowest BCUT2D eigenvalue weighted by Crippen LogP contribution is -2.53. The SMILES string of the molecule is C[C@]12CCC(=O)C[C@H]1CC[C@@H]1[C@@H]2CC[C@]2(C)[C@@H](CC(=O)[O-])CC[C@@H]12. The minimum Gasteiger partial charge on any atom is -0.550 e. The van der Waals surface area contributed by atoms with Crippen LogP contribution in [0.5, 0.6) is 0 Å². The average molecular weight is 331 g/mol. The zero-order chi connectivity index (χ0) is 17.1. The standard InChI is InChI=1S/C21H32O3/c1-20-9-7-15(22)11-13(20)3-5-16-17-6-4-14(12-19(23)24)21(17,2)10-8-18(16)20/h13-14,16-18H,3-12H2,1-2H3,(H,23,24)/p-1/t13-,14-,16+,17+,18+,20+,21-/m1/s1. The highest BCUT2D eigenvalue weighted by atomic mass is 16.4. The van der Waals surface area contributed by atoms with Gasteiger partial charge in [-0.3, -0.25) is 4.79 Å².